The predicted molar refractivity (Wildman–Crippen MR) is 78.3 cm³/mol. The van der Waals surface area contributed by atoms with Gasteiger partial charge < -0.3 is 9.15 Å². The minimum atomic E-state index is 0.579. The molecule has 0 amide bonds. The summed E-state index contributed by atoms with van der Waals surface area (Å²) in [5, 5.41) is 0.908. The maximum absolute atomic E-state index is 11.0. The molecule has 0 aliphatic rings. The second-order valence-corrected chi connectivity index (χ2v) is 4.64. The Morgan fingerprint density at radius 1 is 1.15 bits per heavy atom. The fraction of sp³-hybridized carbons (Fsp3) is 0.118. The molecule has 20 heavy (non-hydrogen) atoms. The molecule has 2 aromatic carbocycles. The first-order chi connectivity index (χ1) is 9.74. The van der Waals surface area contributed by atoms with Gasteiger partial charge in [0.25, 0.3) is 0 Å². The van der Waals surface area contributed by atoms with Gasteiger partial charge >= 0.3 is 0 Å². The molecule has 3 nitrogen and oxygen atoms in total. The van der Waals surface area contributed by atoms with Crippen molar-refractivity contribution in [3.63, 3.8) is 0 Å². The van der Waals surface area contributed by atoms with E-state index in [0.29, 0.717) is 16.9 Å². The van der Waals surface area contributed by atoms with E-state index in [4.69, 9.17) is 9.15 Å². The number of hydrogen-bond acceptors (Lipinski definition) is 3. The normalized spacial score (nSPS) is 10.7. The van der Waals surface area contributed by atoms with E-state index < -0.39 is 0 Å². The molecule has 3 heteroatoms. The Balaban J connectivity index is 2.32. The number of furan rings is 1. The second kappa shape index (κ2) is 4.85. The summed E-state index contributed by atoms with van der Waals surface area (Å²) in [6, 6.07) is 13.4. The van der Waals surface area contributed by atoms with E-state index in [1.54, 1.807) is 13.2 Å². The van der Waals surface area contributed by atoms with E-state index in [0.717, 1.165) is 28.6 Å². The van der Waals surface area contributed by atoms with Crippen LogP contribution in [0.5, 0.6) is 5.75 Å². The number of hydrogen-bond donors (Lipinski definition) is 0. The van der Waals surface area contributed by atoms with E-state index in [2.05, 4.69) is 0 Å². The Morgan fingerprint density at radius 3 is 2.55 bits per heavy atom. The van der Waals surface area contributed by atoms with Crippen molar-refractivity contribution in [1.29, 1.82) is 0 Å². The van der Waals surface area contributed by atoms with Crippen LogP contribution in [0.1, 0.15) is 15.9 Å². The van der Waals surface area contributed by atoms with Crippen molar-refractivity contribution in [3.05, 3.63) is 53.6 Å². The van der Waals surface area contributed by atoms with Crippen LogP contribution in [0, 0.1) is 6.92 Å². The van der Waals surface area contributed by atoms with Gasteiger partial charge in [0.05, 0.1) is 7.11 Å². The molecule has 100 valence electrons. The summed E-state index contributed by atoms with van der Waals surface area (Å²) in [6.07, 6.45) is 0.816. The van der Waals surface area contributed by atoms with Crippen LogP contribution in [-0.4, -0.2) is 13.4 Å². The quantitative estimate of drug-likeness (QED) is 0.666. The predicted octanol–water partition coefficient (Wildman–Crippen LogP) is 4.23. The lowest BCUT2D eigenvalue weighted by molar-refractivity contribution is 0.112. The molecule has 0 saturated heterocycles. The van der Waals surface area contributed by atoms with E-state index in [9.17, 15) is 4.79 Å². The zero-order valence-corrected chi connectivity index (χ0v) is 11.3. The molecule has 3 rings (SSSR count). The number of methoxy groups -OCH3 is 1. The van der Waals surface area contributed by atoms with Crippen LogP contribution in [0.25, 0.3) is 22.3 Å². The number of carbonyl (C=O) groups is 1. The molecular formula is C17H14O3. The standard InChI is InChI=1S/C17H14O3/c1-11-14-8-12(10-18)9-15(19-2)17(14)20-16(11)13-6-4-3-5-7-13/h3-10H,1-2H3. The van der Waals surface area contributed by atoms with Crippen LogP contribution >= 0.6 is 0 Å². The second-order valence-electron chi connectivity index (χ2n) is 4.64. The first kappa shape index (κ1) is 12.5. The van der Waals surface area contributed by atoms with E-state index in [1.165, 1.54) is 0 Å². The molecule has 0 unspecified atom stereocenters. The highest BCUT2D eigenvalue weighted by atomic mass is 16.5. The van der Waals surface area contributed by atoms with Crippen LogP contribution in [0.2, 0.25) is 0 Å². The average Bonchev–Trinajstić information content (AvgIpc) is 2.84. The summed E-state index contributed by atoms with van der Waals surface area (Å²) in [4.78, 5) is 11.0. The minimum absolute atomic E-state index is 0.579. The topological polar surface area (TPSA) is 39.4 Å². The monoisotopic (exact) mass is 266 g/mol. The lowest BCUT2D eigenvalue weighted by Crippen LogP contribution is -1.87. The number of fused-ring (bicyclic) bond motifs is 1. The van der Waals surface area contributed by atoms with Gasteiger partial charge in [0.15, 0.2) is 11.3 Å². The van der Waals surface area contributed by atoms with Gasteiger partial charge in [-0.3, -0.25) is 4.79 Å². The maximum atomic E-state index is 11.0. The van der Waals surface area contributed by atoms with Gasteiger partial charge in [0.1, 0.15) is 12.0 Å². The van der Waals surface area contributed by atoms with Crippen LogP contribution in [0.3, 0.4) is 0 Å². The van der Waals surface area contributed by atoms with Crippen molar-refractivity contribution >= 4 is 17.3 Å². The number of aryl methyl sites for hydroxylation is 1. The Kier molecular flexibility index (Phi) is 3.03. The third kappa shape index (κ3) is 1.88. The zero-order valence-electron chi connectivity index (χ0n) is 11.3. The Labute approximate surface area is 116 Å². The number of benzene rings is 2. The van der Waals surface area contributed by atoms with Gasteiger partial charge in [0, 0.05) is 22.1 Å². The molecule has 0 radical (unpaired) electrons. The Morgan fingerprint density at radius 2 is 1.90 bits per heavy atom. The summed E-state index contributed by atoms with van der Waals surface area (Å²) < 4.78 is 11.3. The van der Waals surface area contributed by atoms with Gasteiger partial charge in [-0.15, -0.1) is 0 Å². The molecule has 0 saturated carbocycles. The van der Waals surface area contributed by atoms with Crippen molar-refractivity contribution in [3.8, 4) is 17.1 Å². The highest BCUT2D eigenvalue weighted by molar-refractivity contribution is 5.95. The number of rotatable bonds is 3. The van der Waals surface area contributed by atoms with E-state index in [1.807, 2.05) is 43.3 Å². The fourth-order valence-electron chi connectivity index (χ4n) is 2.39. The summed E-state index contributed by atoms with van der Waals surface area (Å²) in [5.74, 6) is 1.39. The van der Waals surface area contributed by atoms with Crippen LogP contribution in [0.15, 0.2) is 46.9 Å². The third-order valence-electron chi connectivity index (χ3n) is 3.42. The fourth-order valence-corrected chi connectivity index (χ4v) is 2.39. The first-order valence-corrected chi connectivity index (χ1v) is 6.36. The minimum Gasteiger partial charge on any atom is -0.493 e. The van der Waals surface area contributed by atoms with Crippen molar-refractivity contribution in [2.75, 3.05) is 7.11 Å². The lowest BCUT2D eigenvalue weighted by Gasteiger charge is -2.01. The van der Waals surface area contributed by atoms with Crippen LogP contribution in [0.4, 0.5) is 0 Å². The summed E-state index contributed by atoms with van der Waals surface area (Å²) in [5.41, 5.74) is 3.27. The third-order valence-corrected chi connectivity index (χ3v) is 3.42. The molecule has 0 atom stereocenters. The summed E-state index contributed by atoms with van der Waals surface area (Å²) >= 11 is 0. The van der Waals surface area contributed by atoms with Gasteiger partial charge in [-0.25, -0.2) is 0 Å². The van der Waals surface area contributed by atoms with Crippen molar-refractivity contribution in [2.24, 2.45) is 0 Å². The molecular weight excluding hydrogens is 252 g/mol. The molecule has 0 N–H and O–H groups in total. The molecule has 1 aromatic heterocycles. The average molecular weight is 266 g/mol. The van der Waals surface area contributed by atoms with E-state index in [-0.39, 0.29) is 0 Å². The first-order valence-electron chi connectivity index (χ1n) is 6.36. The zero-order chi connectivity index (χ0) is 14.1. The van der Waals surface area contributed by atoms with Crippen LogP contribution in [-0.2, 0) is 0 Å². The largest absolute Gasteiger partial charge is 0.493 e. The van der Waals surface area contributed by atoms with E-state index >= 15 is 0 Å². The van der Waals surface area contributed by atoms with Crippen molar-refractivity contribution < 1.29 is 13.9 Å². The molecule has 3 aromatic rings. The molecule has 0 aliphatic heterocycles. The molecule has 0 spiro atoms. The summed E-state index contributed by atoms with van der Waals surface area (Å²) in [6.45, 7) is 1.99. The lowest BCUT2D eigenvalue weighted by atomic mass is 10.1. The van der Waals surface area contributed by atoms with Gasteiger partial charge in [0.2, 0.25) is 0 Å². The Hall–Kier alpha value is -2.55. The van der Waals surface area contributed by atoms with Gasteiger partial charge in [-0.1, -0.05) is 30.3 Å². The highest BCUT2D eigenvalue weighted by Crippen LogP contribution is 2.37. The van der Waals surface area contributed by atoms with Gasteiger partial charge in [-0.2, -0.15) is 0 Å². The molecule has 0 fully saturated rings. The van der Waals surface area contributed by atoms with Crippen LogP contribution < -0.4 is 4.74 Å². The smallest absolute Gasteiger partial charge is 0.176 e. The number of aldehydes is 1. The Bertz CT molecular complexity index is 770. The molecule has 0 aliphatic carbocycles. The number of carbonyl (C=O) groups excluding carboxylic acids is 1. The SMILES string of the molecule is COc1cc(C=O)cc2c(C)c(-c3ccccc3)oc12. The maximum Gasteiger partial charge on any atom is 0.176 e. The molecule has 1 heterocycles. The summed E-state index contributed by atoms with van der Waals surface area (Å²) in [7, 11) is 1.57. The van der Waals surface area contributed by atoms with Gasteiger partial charge in [-0.05, 0) is 19.1 Å². The molecule has 0 bridgehead atoms. The van der Waals surface area contributed by atoms with Crippen molar-refractivity contribution in [2.45, 2.75) is 6.92 Å². The van der Waals surface area contributed by atoms with Crippen molar-refractivity contribution in [1.82, 2.24) is 0 Å². The number of ether oxygens (including phenoxy) is 1. The highest BCUT2D eigenvalue weighted by Gasteiger charge is 2.16.